The highest BCUT2D eigenvalue weighted by molar-refractivity contribution is 6.34. The molecule has 82 valence electrons. The molecule has 0 unspecified atom stereocenters. The molecule has 0 spiro atoms. The summed E-state index contributed by atoms with van der Waals surface area (Å²) in [7, 11) is 0. The molecule has 1 aromatic heterocycles. The zero-order valence-corrected chi connectivity index (χ0v) is 9.02. The lowest BCUT2D eigenvalue weighted by atomic mass is 10.2. The maximum Gasteiger partial charge on any atom is 0.270 e. The highest BCUT2D eigenvalue weighted by Gasteiger charge is 2.12. The van der Waals surface area contributed by atoms with Crippen LogP contribution in [0.5, 0.6) is 0 Å². The van der Waals surface area contributed by atoms with E-state index in [1.165, 1.54) is 12.1 Å². The molecular formula is C10H8ClN3O2. The summed E-state index contributed by atoms with van der Waals surface area (Å²) in [5.41, 5.74) is 0.644. The van der Waals surface area contributed by atoms with Crippen LogP contribution in [0.1, 0.15) is 0 Å². The van der Waals surface area contributed by atoms with Gasteiger partial charge in [0.05, 0.1) is 17.0 Å². The quantitative estimate of drug-likeness (QED) is 0.468. The number of allylic oxidation sites excluding steroid dienone is 1. The zero-order valence-electron chi connectivity index (χ0n) is 8.26. The fourth-order valence-electron chi connectivity index (χ4n) is 1.45. The van der Waals surface area contributed by atoms with E-state index in [0.717, 1.165) is 0 Å². The van der Waals surface area contributed by atoms with Crippen LogP contribution in [-0.2, 0) is 6.54 Å². The Bertz CT molecular complexity index is 577. The molecule has 1 aromatic carbocycles. The van der Waals surface area contributed by atoms with Crippen LogP contribution in [0.15, 0.2) is 30.9 Å². The highest BCUT2D eigenvalue weighted by atomic mass is 35.5. The molecule has 0 aliphatic carbocycles. The molecule has 16 heavy (non-hydrogen) atoms. The molecule has 0 atom stereocenters. The molecule has 5 nitrogen and oxygen atoms in total. The predicted molar refractivity (Wildman–Crippen MR) is 61.6 cm³/mol. The van der Waals surface area contributed by atoms with Crippen molar-refractivity contribution in [1.29, 1.82) is 0 Å². The first-order valence-electron chi connectivity index (χ1n) is 4.55. The summed E-state index contributed by atoms with van der Waals surface area (Å²) >= 11 is 6.04. The van der Waals surface area contributed by atoms with Crippen molar-refractivity contribution in [2.75, 3.05) is 0 Å². The second-order valence-corrected chi connectivity index (χ2v) is 3.58. The topological polar surface area (TPSA) is 61.0 Å². The van der Waals surface area contributed by atoms with Gasteiger partial charge in [-0.25, -0.2) is 4.68 Å². The summed E-state index contributed by atoms with van der Waals surface area (Å²) < 4.78 is 1.54. The maximum absolute atomic E-state index is 10.6. The fraction of sp³-hybridized carbons (Fsp3) is 0.100. The summed E-state index contributed by atoms with van der Waals surface area (Å²) in [6.45, 7) is 4.06. The molecule has 0 saturated carbocycles. The molecule has 0 aliphatic heterocycles. The summed E-state index contributed by atoms with van der Waals surface area (Å²) in [6, 6.07) is 4.41. The molecule has 6 heteroatoms. The van der Waals surface area contributed by atoms with Gasteiger partial charge in [-0.3, -0.25) is 10.1 Å². The Hall–Kier alpha value is -1.88. The van der Waals surface area contributed by atoms with Crippen molar-refractivity contribution < 1.29 is 4.92 Å². The van der Waals surface area contributed by atoms with Crippen LogP contribution in [0.2, 0.25) is 5.15 Å². The van der Waals surface area contributed by atoms with Gasteiger partial charge in [-0.1, -0.05) is 17.7 Å². The molecule has 0 amide bonds. The van der Waals surface area contributed by atoms with Crippen molar-refractivity contribution in [3.05, 3.63) is 46.1 Å². The summed E-state index contributed by atoms with van der Waals surface area (Å²) in [5.74, 6) is 0. The van der Waals surface area contributed by atoms with Gasteiger partial charge in [0.25, 0.3) is 5.69 Å². The number of hydrogen-bond acceptors (Lipinski definition) is 3. The minimum Gasteiger partial charge on any atom is -0.258 e. The third-order valence-corrected chi connectivity index (χ3v) is 2.57. The fourth-order valence-corrected chi connectivity index (χ4v) is 1.70. The normalized spacial score (nSPS) is 10.6. The van der Waals surface area contributed by atoms with Gasteiger partial charge in [-0.2, -0.15) is 5.10 Å². The van der Waals surface area contributed by atoms with Crippen LogP contribution in [0, 0.1) is 10.1 Å². The van der Waals surface area contributed by atoms with Gasteiger partial charge in [0, 0.05) is 17.5 Å². The van der Waals surface area contributed by atoms with E-state index >= 15 is 0 Å². The van der Waals surface area contributed by atoms with Gasteiger partial charge in [-0.05, 0) is 6.07 Å². The number of halogens is 1. The van der Waals surface area contributed by atoms with E-state index in [-0.39, 0.29) is 5.69 Å². The number of nitrogens with zero attached hydrogens (tertiary/aromatic N) is 3. The van der Waals surface area contributed by atoms with Crippen molar-refractivity contribution in [2.24, 2.45) is 0 Å². The Morgan fingerprint density at radius 2 is 2.38 bits per heavy atom. The lowest BCUT2D eigenvalue weighted by molar-refractivity contribution is -0.384. The van der Waals surface area contributed by atoms with Crippen LogP contribution in [-0.4, -0.2) is 14.7 Å². The van der Waals surface area contributed by atoms with E-state index in [4.69, 9.17) is 11.6 Å². The largest absolute Gasteiger partial charge is 0.270 e. The Labute approximate surface area is 96.1 Å². The van der Waals surface area contributed by atoms with Crippen LogP contribution in [0.4, 0.5) is 5.69 Å². The number of nitro benzene ring substituents is 1. The standard InChI is InChI=1S/C10H8ClN3O2/c1-2-5-13-10(11)8-6-7(14(15)16)3-4-9(8)12-13/h2-4,6H,1,5H2. The first-order valence-corrected chi connectivity index (χ1v) is 4.92. The summed E-state index contributed by atoms with van der Waals surface area (Å²) in [4.78, 5) is 10.1. The Balaban J connectivity index is 2.63. The van der Waals surface area contributed by atoms with Gasteiger partial charge in [-0.15, -0.1) is 6.58 Å². The van der Waals surface area contributed by atoms with E-state index in [9.17, 15) is 10.1 Å². The van der Waals surface area contributed by atoms with Gasteiger partial charge < -0.3 is 0 Å². The molecule has 0 N–H and O–H groups in total. The van der Waals surface area contributed by atoms with Crippen molar-refractivity contribution in [2.45, 2.75) is 6.54 Å². The van der Waals surface area contributed by atoms with Gasteiger partial charge in [0.15, 0.2) is 0 Å². The first kappa shape index (κ1) is 10.6. The Morgan fingerprint density at radius 3 is 3.00 bits per heavy atom. The number of hydrogen-bond donors (Lipinski definition) is 0. The average Bonchev–Trinajstić information content (AvgIpc) is 2.56. The van der Waals surface area contributed by atoms with E-state index in [1.54, 1.807) is 16.8 Å². The summed E-state index contributed by atoms with van der Waals surface area (Å²) in [5, 5.41) is 15.8. The molecule has 2 rings (SSSR count). The second kappa shape index (κ2) is 3.94. The third-order valence-electron chi connectivity index (χ3n) is 2.17. The maximum atomic E-state index is 10.6. The predicted octanol–water partition coefficient (Wildman–Crippen LogP) is 2.78. The highest BCUT2D eigenvalue weighted by Crippen LogP contribution is 2.27. The molecule has 0 radical (unpaired) electrons. The molecule has 2 aromatic rings. The smallest absolute Gasteiger partial charge is 0.258 e. The number of aromatic nitrogens is 2. The third kappa shape index (κ3) is 1.65. The summed E-state index contributed by atoms with van der Waals surface area (Å²) in [6.07, 6.45) is 1.66. The van der Waals surface area contributed by atoms with Gasteiger partial charge >= 0.3 is 0 Å². The molecule has 0 aliphatic rings. The van der Waals surface area contributed by atoms with Crippen LogP contribution in [0.25, 0.3) is 10.9 Å². The van der Waals surface area contributed by atoms with E-state index in [1.807, 2.05) is 0 Å². The van der Waals surface area contributed by atoms with Crippen LogP contribution < -0.4 is 0 Å². The van der Waals surface area contributed by atoms with Crippen molar-refractivity contribution in [1.82, 2.24) is 9.78 Å². The van der Waals surface area contributed by atoms with Gasteiger partial charge in [0.1, 0.15) is 5.15 Å². The molecule has 1 heterocycles. The van der Waals surface area contributed by atoms with E-state index in [0.29, 0.717) is 22.6 Å². The lowest BCUT2D eigenvalue weighted by Gasteiger charge is -1.95. The monoisotopic (exact) mass is 237 g/mol. The minimum atomic E-state index is -0.458. The lowest BCUT2D eigenvalue weighted by Crippen LogP contribution is -1.96. The Morgan fingerprint density at radius 1 is 1.62 bits per heavy atom. The van der Waals surface area contributed by atoms with Gasteiger partial charge in [0.2, 0.25) is 0 Å². The minimum absolute atomic E-state index is 0.00699. The van der Waals surface area contributed by atoms with E-state index < -0.39 is 4.92 Å². The SMILES string of the molecule is C=CCn1nc2ccc([N+](=O)[O-])cc2c1Cl. The van der Waals surface area contributed by atoms with Crippen LogP contribution >= 0.6 is 11.6 Å². The second-order valence-electron chi connectivity index (χ2n) is 3.22. The number of benzene rings is 1. The number of nitro groups is 1. The number of rotatable bonds is 3. The molecular weight excluding hydrogens is 230 g/mol. The molecule has 0 saturated heterocycles. The van der Waals surface area contributed by atoms with Crippen molar-refractivity contribution in [3.63, 3.8) is 0 Å². The Kier molecular flexibility index (Phi) is 2.62. The van der Waals surface area contributed by atoms with Crippen molar-refractivity contribution >= 4 is 28.2 Å². The number of fused-ring (bicyclic) bond motifs is 1. The van der Waals surface area contributed by atoms with Crippen molar-refractivity contribution in [3.8, 4) is 0 Å². The number of non-ortho nitro benzene ring substituents is 1. The first-order chi connectivity index (χ1) is 7.63. The molecule has 0 bridgehead atoms. The van der Waals surface area contributed by atoms with E-state index in [2.05, 4.69) is 11.7 Å². The van der Waals surface area contributed by atoms with Crippen LogP contribution in [0.3, 0.4) is 0 Å². The molecule has 0 fully saturated rings. The zero-order chi connectivity index (χ0) is 11.7. The average molecular weight is 238 g/mol.